The third-order valence-corrected chi connectivity index (χ3v) is 3.02. The number of hydrogen-bond acceptors (Lipinski definition) is 3. The van der Waals surface area contributed by atoms with E-state index < -0.39 is 19.4 Å². The first-order valence-electron chi connectivity index (χ1n) is 5.23. The lowest BCUT2D eigenvalue weighted by Gasteiger charge is -2.15. The second-order valence-corrected chi connectivity index (χ2v) is 5.08. The molecular formula is C12H10F2NO3P. The molecule has 0 aromatic heterocycles. The van der Waals surface area contributed by atoms with E-state index in [9.17, 15) is 13.3 Å². The van der Waals surface area contributed by atoms with E-state index in [-0.39, 0.29) is 11.5 Å². The summed E-state index contributed by atoms with van der Waals surface area (Å²) in [6.45, 7) is 0. The lowest BCUT2D eigenvalue weighted by molar-refractivity contribution is 0.386. The van der Waals surface area contributed by atoms with Gasteiger partial charge >= 0.3 is 7.75 Å². The summed E-state index contributed by atoms with van der Waals surface area (Å²) in [4.78, 5) is 0. The van der Waals surface area contributed by atoms with Gasteiger partial charge in [0.25, 0.3) is 0 Å². The molecule has 0 spiro atoms. The highest BCUT2D eigenvalue weighted by molar-refractivity contribution is 7.52. The highest BCUT2D eigenvalue weighted by Gasteiger charge is 2.22. The molecule has 19 heavy (non-hydrogen) atoms. The Bertz CT molecular complexity index is 550. The van der Waals surface area contributed by atoms with Crippen LogP contribution in [-0.2, 0) is 4.57 Å². The van der Waals surface area contributed by atoms with Gasteiger partial charge in [-0.05, 0) is 48.5 Å². The summed E-state index contributed by atoms with van der Waals surface area (Å²) in [6.07, 6.45) is 0. The molecular weight excluding hydrogens is 275 g/mol. The van der Waals surface area contributed by atoms with Crippen molar-refractivity contribution in [3.8, 4) is 11.5 Å². The molecule has 0 amide bonds. The van der Waals surface area contributed by atoms with Crippen LogP contribution in [0.25, 0.3) is 0 Å². The van der Waals surface area contributed by atoms with Crippen LogP contribution in [0.15, 0.2) is 48.5 Å². The molecule has 0 aliphatic carbocycles. The maximum atomic E-state index is 12.7. The van der Waals surface area contributed by atoms with Crippen LogP contribution in [0.1, 0.15) is 0 Å². The van der Waals surface area contributed by atoms with Gasteiger partial charge in [-0.25, -0.2) is 18.9 Å². The van der Waals surface area contributed by atoms with Crippen LogP contribution in [0.2, 0.25) is 0 Å². The van der Waals surface area contributed by atoms with Gasteiger partial charge in [-0.15, -0.1) is 0 Å². The van der Waals surface area contributed by atoms with Gasteiger partial charge in [0.15, 0.2) is 0 Å². The third kappa shape index (κ3) is 4.05. The van der Waals surface area contributed by atoms with Crippen molar-refractivity contribution in [3.63, 3.8) is 0 Å². The Labute approximate surface area is 108 Å². The van der Waals surface area contributed by atoms with Gasteiger partial charge in [-0.1, -0.05) is 0 Å². The molecule has 100 valence electrons. The molecule has 0 bridgehead atoms. The predicted molar refractivity (Wildman–Crippen MR) is 65.8 cm³/mol. The summed E-state index contributed by atoms with van der Waals surface area (Å²) in [7, 11) is -3.91. The Morgan fingerprint density at radius 2 is 1.11 bits per heavy atom. The second kappa shape index (κ2) is 5.38. The zero-order valence-electron chi connectivity index (χ0n) is 9.62. The molecule has 0 unspecified atom stereocenters. The van der Waals surface area contributed by atoms with Gasteiger partial charge in [0.05, 0.1) is 0 Å². The molecule has 0 heterocycles. The van der Waals surface area contributed by atoms with E-state index in [1.807, 2.05) is 0 Å². The number of rotatable bonds is 4. The van der Waals surface area contributed by atoms with E-state index in [0.717, 1.165) is 24.3 Å². The zero-order valence-corrected chi connectivity index (χ0v) is 10.5. The first-order chi connectivity index (χ1) is 8.94. The van der Waals surface area contributed by atoms with Crippen LogP contribution in [-0.4, -0.2) is 0 Å². The van der Waals surface area contributed by atoms with E-state index >= 15 is 0 Å². The molecule has 0 saturated heterocycles. The number of benzene rings is 2. The van der Waals surface area contributed by atoms with Gasteiger partial charge in [0.2, 0.25) is 0 Å². The van der Waals surface area contributed by atoms with Crippen molar-refractivity contribution in [2.45, 2.75) is 0 Å². The van der Waals surface area contributed by atoms with Gasteiger partial charge in [0.1, 0.15) is 23.1 Å². The molecule has 0 radical (unpaired) electrons. The Balaban J connectivity index is 2.08. The summed E-state index contributed by atoms with van der Waals surface area (Å²) < 4.78 is 47.1. The van der Waals surface area contributed by atoms with Crippen molar-refractivity contribution in [1.82, 2.24) is 0 Å². The molecule has 4 nitrogen and oxygen atoms in total. The Morgan fingerprint density at radius 1 is 0.789 bits per heavy atom. The molecule has 2 aromatic rings. The Kier molecular flexibility index (Phi) is 3.83. The number of nitrogens with two attached hydrogens (primary N) is 1. The highest BCUT2D eigenvalue weighted by atomic mass is 31.2. The predicted octanol–water partition coefficient (Wildman–Crippen LogP) is 3.49. The van der Waals surface area contributed by atoms with Gasteiger partial charge in [-0.3, -0.25) is 0 Å². The van der Waals surface area contributed by atoms with Crippen LogP contribution in [0.3, 0.4) is 0 Å². The van der Waals surface area contributed by atoms with Crippen molar-refractivity contribution in [2.24, 2.45) is 5.50 Å². The maximum absolute atomic E-state index is 12.7. The zero-order chi connectivity index (χ0) is 13.9. The standard InChI is InChI=1S/C12H10F2NO3P/c13-9-1-5-11(6-2-9)17-19(15,16)18-12-7-3-10(14)4-8-12/h1-8H,(H2,15,16). The molecule has 0 fully saturated rings. The average Bonchev–Trinajstić information content (AvgIpc) is 2.34. The highest BCUT2D eigenvalue weighted by Crippen LogP contribution is 2.40. The van der Waals surface area contributed by atoms with Crippen LogP contribution in [0.5, 0.6) is 11.5 Å². The SMILES string of the molecule is NP(=O)(Oc1ccc(F)cc1)Oc1ccc(F)cc1. The first kappa shape index (κ1) is 13.5. The van der Waals surface area contributed by atoms with Crippen molar-refractivity contribution < 1.29 is 22.4 Å². The minimum Gasteiger partial charge on any atom is -0.405 e. The number of hydrogen-bond donors (Lipinski definition) is 1. The van der Waals surface area contributed by atoms with Crippen molar-refractivity contribution >= 4 is 7.75 Å². The molecule has 2 N–H and O–H groups in total. The normalized spacial score (nSPS) is 11.1. The van der Waals surface area contributed by atoms with E-state index in [4.69, 9.17) is 14.6 Å². The van der Waals surface area contributed by atoms with Crippen LogP contribution < -0.4 is 14.6 Å². The fourth-order valence-electron chi connectivity index (χ4n) is 1.30. The smallest absolute Gasteiger partial charge is 0.405 e. The third-order valence-electron chi connectivity index (χ3n) is 2.09. The first-order valence-corrected chi connectivity index (χ1v) is 6.85. The molecule has 2 rings (SSSR count). The average molecular weight is 285 g/mol. The van der Waals surface area contributed by atoms with E-state index in [1.54, 1.807) is 0 Å². The lowest BCUT2D eigenvalue weighted by atomic mass is 10.3. The molecule has 0 aliphatic heterocycles. The Hall–Kier alpha value is -1.91. The van der Waals surface area contributed by atoms with Crippen molar-refractivity contribution in [1.29, 1.82) is 0 Å². The fraction of sp³-hybridized carbons (Fsp3) is 0. The molecule has 0 saturated carbocycles. The van der Waals surface area contributed by atoms with E-state index in [2.05, 4.69) is 0 Å². The summed E-state index contributed by atoms with van der Waals surface area (Å²) >= 11 is 0. The van der Waals surface area contributed by atoms with Gasteiger partial charge < -0.3 is 9.05 Å². The lowest BCUT2D eigenvalue weighted by Crippen LogP contribution is -2.09. The van der Waals surface area contributed by atoms with Crippen molar-refractivity contribution in [3.05, 3.63) is 60.2 Å². The maximum Gasteiger partial charge on any atom is 0.510 e. The molecule has 2 aromatic carbocycles. The molecule has 0 aliphatic rings. The summed E-state index contributed by atoms with van der Waals surface area (Å²) in [6, 6.07) is 9.60. The van der Waals surface area contributed by atoms with Crippen LogP contribution in [0, 0.1) is 11.6 Å². The summed E-state index contributed by atoms with van der Waals surface area (Å²) in [5.41, 5.74) is 5.38. The van der Waals surface area contributed by atoms with Gasteiger partial charge in [-0.2, -0.15) is 0 Å². The molecule has 7 heteroatoms. The minimum absolute atomic E-state index is 0.106. The number of halogens is 2. The topological polar surface area (TPSA) is 61.6 Å². The summed E-state index contributed by atoms with van der Waals surface area (Å²) in [5, 5.41) is 0. The van der Waals surface area contributed by atoms with E-state index in [1.165, 1.54) is 24.3 Å². The van der Waals surface area contributed by atoms with Crippen LogP contribution >= 0.6 is 7.75 Å². The quantitative estimate of drug-likeness (QED) is 0.873. The van der Waals surface area contributed by atoms with Gasteiger partial charge in [0, 0.05) is 0 Å². The van der Waals surface area contributed by atoms with Crippen LogP contribution in [0.4, 0.5) is 8.78 Å². The van der Waals surface area contributed by atoms with Crippen molar-refractivity contribution in [2.75, 3.05) is 0 Å². The Morgan fingerprint density at radius 3 is 1.42 bits per heavy atom. The largest absolute Gasteiger partial charge is 0.510 e. The fourth-order valence-corrected chi connectivity index (χ4v) is 2.17. The van der Waals surface area contributed by atoms with E-state index in [0.29, 0.717) is 0 Å². The summed E-state index contributed by atoms with van der Waals surface area (Å²) in [5.74, 6) is -0.707. The molecule has 0 atom stereocenters. The monoisotopic (exact) mass is 285 g/mol. The minimum atomic E-state index is -3.91. The second-order valence-electron chi connectivity index (χ2n) is 3.63.